The Morgan fingerprint density at radius 1 is 1.10 bits per heavy atom. The molecule has 0 bridgehead atoms. The molecule has 2 aromatic carbocycles. The zero-order chi connectivity index (χ0) is 20.0. The van der Waals surface area contributed by atoms with Crippen molar-refractivity contribution in [1.29, 1.82) is 0 Å². The molecule has 3 aliphatic heterocycles. The number of hydrazone groups is 1. The molecule has 1 saturated heterocycles. The summed E-state index contributed by atoms with van der Waals surface area (Å²) in [6.07, 6.45) is 4.16. The highest BCUT2D eigenvalue weighted by molar-refractivity contribution is 6.03. The van der Waals surface area contributed by atoms with Crippen molar-refractivity contribution in [2.24, 2.45) is 5.10 Å². The van der Waals surface area contributed by atoms with Gasteiger partial charge in [0.2, 0.25) is 5.72 Å². The number of fused-ring (bicyclic) bond motifs is 4. The van der Waals surface area contributed by atoms with E-state index in [9.17, 15) is 0 Å². The summed E-state index contributed by atoms with van der Waals surface area (Å²) in [6, 6.07) is 15.5. The average Bonchev–Trinajstić information content (AvgIpc) is 3.18. The summed E-state index contributed by atoms with van der Waals surface area (Å²) < 4.78 is 6.73. The molecule has 0 saturated carbocycles. The highest BCUT2D eigenvalue weighted by Crippen LogP contribution is 2.50. The molecule has 1 atom stereocenters. The van der Waals surface area contributed by atoms with Gasteiger partial charge in [0.1, 0.15) is 5.75 Å². The summed E-state index contributed by atoms with van der Waals surface area (Å²) in [5, 5.41) is 7.56. The lowest BCUT2D eigenvalue weighted by Gasteiger charge is -2.51. The summed E-state index contributed by atoms with van der Waals surface area (Å²) in [7, 11) is 0. The third-order valence-corrected chi connectivity index (χ3v) is 6.79. The molecular formula is C25H31N3O. The van der Waals surface area contributed by atoms with Crippen LogP contribution in [0.4, 0.5) is 0 Å². The number of rotatable bonds is 3. The molecule has 29 heavy (non-hydrogen) atoms. The van der Waals surface area contributed by atoms with Gasteiger partial charge in [0, 0.05) is 43.5 Å². The lowest BCUT2D eigenvalue weighted by Crippen LogP contribution is -2.59. The first-order valence-corrected chi connectivity index (χ1v) is 11.0. The van der Waals surface area contributed by atoms with E-state index in [2.05, 4.69) is 73.1 Å². The van der Waals surface area contributed by atoms with Crippen molar-refractivity contribution in [2.75, 3.05) is 19.6 Å². The van der Waals surface area contributed by atoms with Crippen LogP contribution in [0.1, 0.15) is 60.9 Å². The zero-order valence-corrected chi connectivity index (χ0v) is 17.8. The van der Waals surface area contributed by atoms with E-state index in [1.807, 2.05) is 0 Å². The highest BCUT2D eigenvalue weighted by Gasteiger charge is 2.51. The van der Waals surface area contributed by atoms with Crippen LogP contribution in [0.15, 0.2) is 47.6 Å². The van der Waals surface area contributed by atoms with Gasteiger partial charge in [-0.3, -0.25) is 0 Å². The minimum absolute atomic E-state index is 0.271. The molecule has 0 N–H and O–H groups in total. The summed E-state index contributed by atoms with van der Waals surface area (Å²) in [6.45, 7) is 9.94. The molecule has 1 spiro atoms. The van der Waals surface area contributed by atoms with Crippen molar-refractivity contribution >= 4 is 5.71 Å². The van der Waals surface area contributed by atoms with Gasteiger partial charge >= 0.3 is 0 Å². The van der Waals surface area contributed by atoms with Crippen molar-refractivity contribution in [3.8, 4) is 5.75 Å². The van der Waals surface area contributed by atoms with Gasteiger partial charge < -0.3 is 9.64 Å². The predicted octanol–water partition coefficient (Wildman–Crippen LogP) is 5.05. The van der Waals surface area contributed by atoms with Crippen molar-refractivity contribution in [1.82, 2.24) is 9.91 Å². The molecule has 0 radical (unpaired) electrons. The second-order valence-corrected chi connectivity index (χ2v) is 8.86. The van der Waals surface area contributed by atoms with Crippen LogP contribution in [0.25, 0.3) is 0 Å². The third kappa shape index (κ3) is 3.14. The maximum Gasteiger partial charge on any atom is 0.200 e. The Morgan fingerprint density at radius 3 is 2.69 bits per heavy atom. The van der Waals surface area contributed by atoms with Crippen LogP contribution in [-0.4, -0.2) is 41.0 Å². The first-order valence-electron chi connectivity index (χ1n) is 11.0. The Hall–Kier alpha value is -2.33. The smallest absolute Gasteiger partial charge is 0.200 e. The van der Waals surface area contributed by atoms with Gasteiger partial charge in [0.25, 0.3) is 0 Å². The van der Waals surface area contributed by atoms with E-state index in [1.165, 1.54) is 40.9 Å². The number of ether oxygens (including phenoxy) is 1. The normalized spacial score (nSPS) is 22.8. The molecule has 0 unspecified atom stereocenters. The molecule has 0 amide bonds. The minimum Gasteiger partial charge on any atom is -0.466 e. The Balaban J connectivity index is 1.54. The summed E-state index contributed by atoms with van der Waals surface area (Å²) in [5.41, 5.74) is 6.04. The fourth-order valence-electron chi connectivity index (χ4n) is 5.21. The lowest BCUT2D eigenvalue weighted by atomic mass is 9.90. The molecule has 1 fully saturated rings. The second kappa shape index (κ2) is 7.17. The highest BCUT2D eigenvalue weighted by atomic mass is 16.5. The van der Waals surface area contributed by atoms with E-state index in [0.717, 1.165) is 38.1 Å². The van der Waals surface area contributed by atoms with Crippen molar-refractivity contribution in [3.05, 3.63) is 64.7 Å². The van der Waals surface area contributed by atoms with Gasteiger partial charge in [-0.05, 0) is 44.5 Å². The topological polar surface area (TPSA) is 28.1 Å². The quantitative estimate of drug-likeness (QED) is 0.735. The van der Waals surface area contributed by atoms with E-state index < -0.39 is 0 Å². The SMILES string of the molecule is CCCN1CCC2(CC1)Oc1ccccc1[C@@H]1CC(c3cc(C)ccc3C)=NN12. The number of hydrogen-bond acceptors (Lipinski definition) is 4. The van der Waals surface area contributed by atoms with Crippen LogP contribution >= 0.6 is 0 Å². The van der Waals surface area contributed by atoms with Gasteiger partial charge in [-0.15, -0.1) is 0 Å². The predicted molar refractivity (Wildman–Crippen MR) is 117 cm³/mol. The largest absolute Gasteiger partial charge is 0.466 e. The number of benzene rings is 2. The molecule has 5 rings (SSSR count). The average molecular weight is 390 g/mol. The Labute approximate surface area is 174 Å². The first kappa shape index (κ1) is 18.7. The Kier molecular flexibility index (Phi) is 4.62. The van der Waals surface area contributed by atoms with E-state index in [-0.39, 0.29) is 11.8 Å². The fraction of sp³-hybridized carbons (Fsp3) is 0.480. The van der Waals surface area contributed by atoms with Crippen LogP contribution in [0.5, 0.6) is 5.75 Å². The number of para-hydroxylation sites is 1. The Bertz CT molecular complexity index is 943. The first-order chi connectivity index (χ1) is 14.1. The molecule has 3 heterocycles. The van der Waals surface area contributed by atoms with Crippen LogP contribution in [0.3, 0.4) is 0 Å². The van der Waals surface area contributed by atoms with Crippen LogP contribution in [0.2, 0.25) is 0 Å². The number of piperidine rings is 1. The van der Waals surface area contributed by atoms with Gasteiger partial charge in [-0.25, -0.2) is 5.01 Å². The molecule has 4 nitrogen and oxygen atoms in total. The summed E-state index contributed by atoms with van der Waals surface area (Å²) >= 11 is 0. The van der Waals surface area contributed by atoms with Crippen LogP contribution in [0, 0.1) is 13.8 Å². The van der Waals surface area contributed by atoms with Crippen LogP contribution in [-0.2, 0) is 0 Å². The summed E-state index contributed by atoms with van der Waals surface area (Å²) in [5.74, 6) is 1.05. The number of aryl methyl sites for hydroxylation is 2. The maximum absolute atomic E-state index is 6.73. The maximum atomic E-state index is 6.73. The number of nitrogens with zero attached hydrogens (tertiary/aromatic N) is 3. The van der Waals surface area contributed by atoms with Crippen LogP contribution < -0.4 is 4.74 Å². The monoisotopic (exact) mass is 389 g/mol. The van der Waals surface area contributed by atoms with Crippen molar-refractivity contribution in [3.63, 3.8) is 0 Å². The number of likely N-dealkylation sites (tertiary alicyclic amines) is 1. The summed E-state index contributed by atoms with van der Waals surface area (Å²) in [4.78, 5) is 2.57. The zero-order valence-electron chi connectivity index (χ0n) is 17.8. The van der Waals surface area contributed by atoms with Gasteiger partial charge in [0.15, 0.2) is 0 Å². The second-order valence-electron chi connectivity index (χ2n) is 8.86. The number of hydrogen-bond donors (Lipinski definition) is 0. The molecule has 3 aliphatic rings. The Morgan fingerprint density at radius 2 is 1.90 bits per heavy atom. The van der Waals surface area contributed by atoms with E-state index in [4.69, 9.17) is 9.84 Å². The molecule has 0 aliphatic carbocycles. The minimum atomic E-state index is -0.317. The third-order valence-electron chi connectivity index (χ3n) is 6.79. The lowest BCUT2D eigenvalue weighted by molar-refractivity contribution is -0.149. The molecule has 4 heteroatoms. The molecular weight excluding hydrogens is 358 g/mol. The van der Waals surface area contributed by atoms with Crippen molar-refractivity contribution in [2.45, 2.75) is 58.2 Å². The van der Waals surface area contributed by atoms with E-state index in [0.29, 0.717) is 0 Å². The fourth-order valence-corrected chi connectivity index (χ4v) is 5.21. The molecule has 0 aromatic heterocycles. The van der Waals surface area contributed by atoms with Gasteiger partial charge in [-0.1, -0.05) is 42.8 Å². The standard InChI is InChI=1S/C25H31N3O/c1-4-13-27-14-11-25(12-15-27)28-23(20-7-5-6-8-24(20)29-25)17-22(26-28)21-16-18(2)9-10-19(21)3/h5-10,16,23H,4,11-15,17H2,1-3H3/t23-/m0/s1. The van der Waals surface area contributed by atoms with Gasteiger partial charge in [0.05, 0.1) is 11.8 Å². The van der Waals surface area contributed by atoms with Gasteiger partial charge in [-0.2, -0.15) is 5.10 Å². The molecule has 152 valence electrons. The van der Waals surface area contributed by atoms with E-state index >= 15 is 0 Å². The van der Waals surface area contributed by atoms with E-state index in [1.54, 1.807) is 0 Å². The van der Waals surface area contributed by atoms with Crippen molar-refractivity contribution < 1.29 is 4.74 Å². The molecule has 2 aromatic rings.